The number of rotatable bonds is 3. The smallest absolute Gasteiger partial charge is 0.339 e. The zero-order chi connectivity index (χ0) is 13.5. The summed E-state index contributed by atoms with van der Waals surface area (Å²) in [7, 11) is 0. The normalized spacial score (nSPS) is 11.0. The molecule has 5 heteroatoms. The molecule has 0 saturated carbocycles. The summed E-state index contributed by atoms with van der Waals surface area (Å²) in [5.74, 6) is 5.03. The Labute approximate surface area is 105 Å². The molecule has 18 heavy (non-hydrogen) atoms. The van der Waals surface area contributed by atoms with E-state index in [2.05, 4.69) is 11.8 Å². The first kappa shape index (κ1) is 13.7. The van der Waals surface area contributed by atoms with Gasteiger partial charge in [-0.3, -0.25) is 10.1 Å². The van der Waals surface area contributed by atoms with Crippen molar-refractivity contribution in [1.29, 1.82) is 0 Å². The number of nitro groups is 1. The molecule has 0 aliphatic rings. The molecular formula is C13H13NO4. The average Bonchev–Trinajstić information content (AvgIpc) is 2.36. The second-order valence-corrected chi connectivity index (χ2v) is 3.53. The largest absolute Gasteiger partial charge is 0.446 e. The van der Waals surface area contributed by atoms with E-state index in [1.54, 1.807) is 6.92 Å². The van der Waals surface area contributed by atoms with Crippen molar-refractivity contribution in [3.8, 4) is 11.8 Å². The van der Waals surface area contributed by atoms with Crippen LogP contribution in [-0.2, 0) is 4.74 Å². The molecule has 0 spiro atoms. The monoisotopic (exact) mass is 247 g/mol. The van der Waals surface area contributed by atoms with Crippen LogP contribution in [0.2, 0.25) is 0 Å². The lowest BCUT2D eigenvalue weighted by molar-refractivity contribution is -0.384. The first-order valence-corrected chi connectivity index (χ1v) is 5.48. The van der Waals surface area contributed by atoms with Crippen LogP contribution in [0.1, 0.15) is 30.6 Å². The lowest BCUT2D eigenvalue weighted by Crippen LogP contribution is -2.13. The third-order valence-corrected chi connectivity index (χ3v) is 2.08. The summed E-state index contributed by atoms with van der Waals surface area (Å²) in [6.07, 6.45) is 0.201. The second kappa shape index (κ2) is 6.40. The van der Waals surface area contributed by atoms with Gasteiger partial charge >= 0.3 is 5.97 Å². The van der Waals surface area contributed by atoms with Crippen LogP contribution >= 0.6 is 0 Å². The van der Waals surface area contributed by atoms with Crippen molar-refractivity contribution in [2.75, 3.05) is 0 Å². The Hall–Kier alpha value is -2.35. The van der Waals surface area contributed by atoms with E-state index >= 15 is 0 Å². The number of ether oxygens (including phenoxy) is 1. The van der Waals surface area contributed by atoms with E-state index in [4.69, 9.17) is 4.74 Å². The Bertz CT molecular complexity index is 496. The minimum atomic E-state index is -0.539. The van der Waals surface area contributed by atoms with Gasteiger partial charge in [-0.15, -0.1) is 0 Å². The lowest BCUT2D eigenvalue weighted by Gasteiger charge is -2.06. The van der Waals surface area contributed by atoms with Gasteiger partial charge in [-0.1, -0.05) is 18.8 Å². The van der Waals surface area contributed by atoms with E-state index in [0.29, 0.717) is 6.42 Å². The second-order valence-electron chi connectivity index (χ2n) is 3.53. The molecule has 0 aliphatic heterocycles. The number of nitro benzene ring substituents is 1. The summed E-state index contributed by atoms with van der Waals surface area (Å²) < 4.78 is 5.06. The number of carbonyl (C=O) groups is 1. The Morgan fingerprint density at radius 2 is 2.06 bits per heavy atom. The number of hydrogen-bond donors (Lipinski definition) is 0. The number of nitrogens with zero attached hydrogens (tertiary/aromatic N) is 1. The molecule has 1 aromatic rings. The van der Waals surface area contributed by atoms with Crippen molar-refractivity contribution in [3.63, 3.8) is 0 Å². The maximum atomic E-state index is 11.6. The quantitative estimate of drug-likeness (QED) is 0.356. The molecule has 0 heterocycles. The van der Waals surface area contributed by atoms with Crippen LogP contribution in [0.5, 0.6) is 0 Å². The van der Waals surface area contributed by atoms with E-state index in [1.807, 2.05) is 6.92 Å². The van der Waals surface area contributed by atoms with Crippen molar-refractivity contribution in [2.24, 2.45) is 0 Å². The average molecular weight is 247 g/mol. The third kappa shape index (κ3) is 3.91. The van der Waals surface area contributed by atoms with Gasteiger partial charge in [0.1, 0.15) is 0 Å². The molecule has 0 N–H and O–H groups in total. The van der Waals surface area contributed by atoms with Gasteiger partial charge in [0.05, 0.1) is 10.5 Å². The molecule has 94 valence electrons. The summed E-state index contributed by atoms with van der Waals surface area (Å²) in [5.41, 5.74) is 0.205. The van der Waals surface area contributed by atoms with Gasteiger partial charge in [0.15, 0.2) is 6.10 Å². The number of non-ortho nitro benzene ring substituents is 1. The van der Waals surface area contributed by atoms with Gasteiger partial charge in [0.25, 0.3) is 5.69 Å². The highest BCUT2D eigenvalue weighted by molar-refractivity contribution is 5.89. The summed E-state index contributed by atoms with van der Waals surface area (Å²) in [6, 6.07) is 5.25. The van der Waals surface area contributed by atoms with E-state index in [0.717, 1.165) is 0 Å². The van der Waals surface area contributed by atoms with Gasteiger partial charge in [-0.2, -0.15) is 0 Å². The summed E-state index contributed by atoms with van der Waals surface area (Å²) in [6.45, 7) is 3.57. The number of carbonyl (C=O) groups excluding carboxylic acids is 1. The number of esters is 1. The predicted octanol–water partition coefficient (Wildman–Crippen LogP) is 2.55. The molecule has 0 radical (unpaired) electrons. The van der Waals surface area contributed by atoms with Crippen molar-refractivity contribution in [2.45, 2.75) is 26.4 Å². The van der Waals surface area contributed by atoms with Gasteiger partial charge in [-0.25, -0.2) is 4.79 Å². The van der Waals surface area contributed by atoms with Crippen LogP contribution < -0.4 is 0 Å². The van der Waals surface area contributed by atoms with Gasteiger partial charge in [0, 0.05) is 18.6 Å². The summed E-state index contributed by atoms with van der Waals surface area (Å²) in [5, 5.41) is 10.4. The van der Waals surface area contributed by atoms with E-state index < -0.39 is 17.0 Å². The Balaban J connectivity index is 2.70. The topological polar surface area (TPSA) is 69.4 Å². The minimum Gasteiger partial charge on any atom is -0.446 e. The standard InChI is InChI=1S/C13H13NO4/c1-3-4-5-10(2)18-13(15)11-6-8-12(9-7-11)14(16)17/h6-10H,3H2,1-2H3. The molecular weight excluding hydrogens is 234 g/mol. The first-order valence-electron chi connectivity index (χ1n) is 5.48. The zero-order valence-electron chi connectivity index (χ0n) is 10.2. The molecule has 0 amide bonds. The van der Waals surface area contributed by atoms with Gasteiger partial charge in [-0.05, 0) is 19.1 Å². The number of benzene rings is 1. The molecule has 0 saturated heterocycles. The van der Waals surface area contributed by atoms with Crippen molar-refractivity contribution >= 4 is 11.7 Å². The fraction of sp³-hybridized carbons (Fsp3) is 0.308. The van der Waals surface area contributed by atoms with Crippen LogP contribution in [0.15, 0.2) is 24.3 Å². The predicted molar refractivity (Wildman–Crippen MR) is 66.0 cm³/mol. The van der Waals surface area contributed by atoms with E-state index in [9.17, 15) is 14.9 Å². The highest BCUT2D eigenvalue weighted by atomic mass is 16.6. The third-order valence-electron chi connectivity index (χ3n) is 2.08. The fourth-order valence-corrected chi connectivity index (χ4v) is 1.22. The summed E-state index contributed by atoms with van der Waals surface area (Å²) >= 11 is 0. The Morgan fingerprint density at radius 3 is 2.56 bits per heavy atom. The van der Waals surface area contributed by atoms with E-state index in [-0.39, 0.29) is 11.3 Å². The SMILES string of the molecule is CCC#CC(C)OC(=O)c1ccc([N+](=O)[O-])cc1. The minimum absolute atomic E-state index is 0.0645. The molecule has 1 aromatic carbocycles. The highest BCUT2D eigenvalue weighted by Crippen LogP contribution is 2.13. The molecule has 1 rings (SSSR count). The van der Waals surface area contributed by atoms with E-state index in [1.165, 1.54) is 24.3 Å². The molecule has 0 aliphatic carbocycles. The van der Waals surface area contributed by atoms with Gasteiger partial charge < -0.3 is 4.74 Å². The first-order chi connectivity index (χ1) is 8.54. The molecule has 1 unspecified atom stereocenters. The van der Waals surface area contributed by atoms with Gasteiger partial charge in [0.2, 0.25) is 0 Å². The fourth-order valence-electron chi connectivity index (χ4n) is 1.22. The molecule has 1 atom stereocenters. The van der Waals surface area contributed by atoms with Crippen LogP contribution in [0, 0.1) is 22.0 Å². The van der Waals surface area contributed by atoms with Crippen molar-refractivity contribution < 1.29 is 14.5 Å². The van der Waals surface area contributed by atoms with Crippen LogP contribution in [0.25, 0.3) is 0 Å². The molecule has 0 fully saturated rings. The van der Waals surface area contributed by atoms with Crippen molar-refractivity contribution in [3.05, 3.63) is 39.9 Å². The summed E-state index contributed by atoms with van der Waals surface area (Å²) in [4.78, 5) is 21.6. The van der Waals surface area contributed by atoms with Crippen LogP contribution in [-0.4, -0.2) is 17.0 Å². The molecule has 0 aromatic heterocycles. The number of hydrogen-bond acceptors (Lipinski definition) is 4. The van der Waals surface area contributed by atoms with Crippen LogP contribution in [0.3, 0.4) is 0 Å². The highest BCUT2D eigenvalue weighted by Gasteiger charge is 2.12. The van der Waals surface area contributed by atoms with Crippen LogP contribution in [0.4, 0.5) is 5.69 Å². The Morgan fingerprint density at radius 1 is 1.44 bits per heavy atom. The molecule has 5 nitrogen and oxygen atoms in total. The maximum Gasteiger partial charge on any atom is 0.339 e. The maximum absolute atomic E-state index is 11.6. The lowest BCUT2D eigenvalue weighted by atomic mass is 10.2. The Kier molecular flexibility index (Phi) is 4.88. The zero-order valence-corrected chi connectivity index (χ0v) is 10.2. The molecule has 0 bridgehead atoms. The van der Waals surface area contributed by atoms with Crippen molar-refractivity contribution in [1.82, 2.24) is 0 Å².